The highest BCUT2D eigenvalue weighted by molar-refractivity contribution is 9.10. The van der Waals surface area contributed by atoms with Gasteiger partial charge in [0.15, 0.2) is 0 Å². The molecule has 37 heavy (non-hydrogen) atoms. The van der Waals surface area contributed by atoms with Crippen LogP contribution in [0, 0.1) is 5.92 Å². The number of halogens is 1. The molecule has 2 aliphatic rings. The van der Waals surface area contributed by atoms with Gasteiger partial charge in [-0.05, 0) is 48.9 Å². The van der Waals surface area contributed by atoms with Crippen LogP contribution < -0.4 is 14.7 Å². The first-order valence-electron chi connectivity index (χ1n) is 11.7. The molecule has 2 aliphatic heterocycles. The van der Waals surface area contributed by atoms with E-state index in [1.165, 1.54) is 21.2 Å². The van der Waals surface area contributed by atoms with Gasteiger partial charge in [-0.3, -0.25) is 23.7 Å². The Morgan fingerprint density at radius 2 is 1.70 bits per heavy atom. The number of ether oxygens (including phenoxy) is 1. The fraction of sp³-hybridized carbons (Fsp3) is 0.308. The third-order valence-electron chi connectivity index (χ3n) is 6.50. The quantitative estimate of drug-likeness (QED) is 0.310. The van der Waals surface area contributed by atoms with Crippen LogP contribution in [0.3, 0.4) is 0 Å². The molecule has 2 unspecified atom stereocenters. The summed E-state index contributed by atoms with van der Waals surface area (Å²) >= 11 is 5.61. The van der Waals surface area contributed by atoms with Crippen molar-refractivity contribution in [3.8, 4) is 0 Å². The Balaban J connectivity index is 1.63. The SMILES string of the molecule is CCOC(=O)Cn1c2c(sc1=O)[C@H](c1ccc(N(C)C)cc1)C1C(=O)N(c3ccc(Br)cc3)C(=O)C1S2. The zero-order chi connectivity index (χ0) is 26.4. The molecule has 192 valence electrons. The number of benzene rings is 2. The molecule has 0 N–H and O–H groups in total. The number of aromatic nitrogens is 1. The van der Waals surface area contributed by atoms with Crippen LogP contribution >= 0.6 is 39.0 Å². The zero-order valence-electron chi connectivity index (χ0n) is 20.3. The summed E-state index contributed by atoms with van der Waals surface area (Å²) in [5, 5.41) is -0.186. The van der Waals surface area contributed by atoms with Gasteiger partial charge in [0.1, 0.15) is 11.8 Å². The summed E-state index contributed by atoms with van der Waals surface area (Å²) in [5.74, 6) is -2.34. The number of amides is 2. The molecule has 0 spiro atoms. The van der Waals surface area contributed by atoms with Crippen LogP contribution in [-0.4, -0.2) is 48.3 Å². The average Bonchev–Trinajstić information content (AvgIpc) is 3.31. The molecule has 0 saturated carbocycles. The van der Waals surface area contributed by atoms with E-state index in [1.807, 2.05) is 43.3 Å². The van der Waals surface area contributed by atoms with Gasteiger partial charge >= 0.3 is 10.8 Å². The second kappa shape index (κ2) is 10.1. The van der Waals surface area contributed by atoms with Gasteiger partial charge in [-0.2, -0.15) is 0 Å². The third kappa shape index (κ3) is 4.53. The van der Waals surface area contributed by atoms with Crippen molar-refractivity contribution in [2.24, 2.45) is 5.92 Å². The number of anilines is 2. The maximum Gasteiger partial charge on any atom is 0.326 e. The summed E-state index contributed by atoms with van der Waals surface area (Å²) in [7, 11) is 3.88. The second-order valence-electron chi connectivity index (χ2n) is 8.94. The molecule has 1 aromatic heterocycles. The van der Waals surface area contributed by atoms with Gasteiger partial charge < -0.3 is 9.64 Å². The first kappa shape index (κ1) is 25.7. The van der Waals surface area contributed by atoms with Gasteiger partial charge in [0.05, 0.1) is 23.2 Å². The zero-order valence-corrected chi connectivity index (χ0v) is 23.6. The molecule has 2 aromatic carbocycles. The lowest BCUT2D eigenvalue weighted by Crippen LogP contribution is -2.32. The molecule has 8 nitrogen and oxygen atoms in total. The predicted octanol–water partition coefficient (Wildman–Crippen LogP) is 4.10. The Kier molecular flexibility index (Phi) is 7.03. The van der Waals surface area contributed by atoms with Crippen LogP contribution in [0.2, 0.25) is 0 Å². The number of hydrogen-bond acceptors (Lipinski definition) is 8. The normalized spacial score (nSPS) is 20.5. The van der Waals surface area contributed by atoms with Gasteiger partial charge in [-0.15, -0.1) is 0 Å². The molecule has 3 atom stereocenters. The topological polar surface area (TPSA) is 88.9 Å². The molecular formula is C26H24BrN3O5S2. The monoisotopic (exact) mass is 601 g/mol. The molecule has 3 aromatic rings. The minimum atomic E-state index is -0.732. The van der Waals surface area contributed by atoms with Gasteiger partial charge in [-0.1, -0.05) is 51.2 Å². The summed E-state index contributed by atoms with van der Waals surface area (Å²) in [6.45, 7) is 1.66. The van der Waals surface area contributed by atoms with E-state index >= 15 is 0 Å². The van der Waals surface area contributed by atoms with E-state index in [4.69, 9.17) is 4.74 Å². The van der Waals surface area contributed by atoms with Crippen LogP contribution in [-0.2, 0) is 25.7 Å². The van der Waals surface area contributed by atoms with Crippen LogP contribution in [0.25, 0.3) is 0 Å². The number of imide groups is 1. The Morgan fingerprint density at radius 3 is 2.32 bits per heavy atom. The van der Waals surface area contributed by atoms with Crippen molar-refractivity contribution in [3.63, 3.8) is 0 Å². The Morgan fingerprint density at radius 1 is 1.03 bits per heavy atom. The number of thioether (sulfide) groups is 1. The maximum absolute atomic E-state index is 13.9. The van der Waals surface area contributed by atoms with E-state index in [1.54, 1.807) is 31.2 Å². The molecule has 11 heteroatoms. The highest BCUT2D eigenvalue weighted by atomic mass is 79.9. The fourth-order valence-electron chi connectivity index (χ4n) is 4.77. The van der Waals surface area contributed by atoms with Gasteiger partial charge in [0, 0.05) is 35.1 Å². The largest absolute Gasteiger partial charge is 0.465 e. The van der Waals surface area contributed by atoms with E-state index in [0.717, 1.165) is 27.1 Å². The van der Waals surface area contributed by atoms with Gasteiger partial charge in [0.25, 0.3) is 0 Å². The van der Waals surface area contributed by atoms with Crippen LogP contribution in [0.1, 0.15) is 23.3 Å². The Bertz CT molecular complexity index is 1430. The molecule has 1 saturated heterocycles. The fourth-order valence-corrected chi connectivity index (χ4v) is 7.81. The molecule has 0 aliphatic carbocycles. The minimum Gasteiger partial charge on any atom is -0.465 e. The summed E-state index contributed by atoms with van der Waals surface area (Å²) in [6.07, 6.45) is 0. The van der Waals surface area contributed by atoms with E-state index in [9.17, 15) is 19.2 Å². The highest BCUT2D eigenvalue weighted by Gasteiger charge is 2.56. The molecule has 2 amide bonds. The van der Waals surface area contributed by atoms with Crippen LogP contribution in [0.4, 0.5) is 11.4 Å². The molecule has 3 heterocycles. The maximum atomic E-state index is 13.9. The molecular weight excluding hydrogens is 578 g/mol. The van der Waals surface area contributed by atoms with Gasteiger partial charge in [-0.25, -0.2) is 4.90 Å². The molecule has 1 fully saturated rings. The number of hydrogen-bond donors (Lipinski definition) is 0. The Labute approximate surface area is 230 Å². The Hall–Kier alpha value is -2.89. The van der Waals surface area contributed by atoms with Crippen molar-refractivity contribution >= 4 is 68.2 Å². The standard InChI is InChI=1S/C26H24BrN3O5S2/c1-4-35-18(31)13-29-25-22(37-26(29)34)19(14-5-9-16(10-6-14)28(2)3)20-21(36-25)24(33)30(23(20)32)17-11-7-15(27)8-12-17/h5-12,19-21H,4,13H2,1-3H3/t19-,20?,21?/m1/s1. The molecule has 5 rings (SSSR count). The summed E-state index contributed by atoms with van der Waals surface area (Å²) in [5.41, 5.74) is 2.33. The van der Waals surface area contributed by atoms with Crippen molar-refractivity contribution in [2.45, 2.75) is 29.7 Å². The number of carbonyl (C=O) groups excluding carboxylic acids is 3. The lowest BCUT2D eigenvalue weighted by molar-refractivity contribution is -0.144. The number of thiazole rings is 1. The second-order valence-corrected chi connectivity index (χ2v) is 12.0. The average molecular weight is 603 g/mol. The number of nitrogens with zero attached hydrogens (tertiary/aromatic N) is 3. The van der Waals surface area contributed by atoms with Crippen molar-refractivity contribution in [1.29, 1.82) is 0 Å². The first-order chi connectivity index (χ1) is 17.7. The molecule has 0 bridgehead atoms. The lowest BCUT2D eigenvalue weighted by atomic mass is 9.83. The number of carbonyl (C=O) groups is 3. The summed E-state index contributed by atoms with van der Waals surface area (Å²) < 4.78 is 7.29. The number of fused-ring (bicyclic) bond motifs is 2. The highest BCUT2D eigenvalue weighted by Crippen LogP contribution is 2.54. The van der Waals surface area contributed by atoms with Crippen LogP contribution in [0.5, 0.6) is 0 Å². The van der Waals surface area contributed by atoms with Crippen molar-refractivity contribution in [3.05, 3.63) is 73.1 Å². The number of rotatable bonds is 6. The molecule has 0 radical (unpaired) electrons. The summed E-state index contributed by atoms with van der Waals surface area (Å²) in [4.78, 5) is 56.5. The number of esters is 1. The van der Waals surface area contributed by atoms with Crippen molar-refractivity contribution in [1.82, 2.24) is 4.57 Å². The van der Waals surface area contributed by atoms with E-state index in [2.05, 4.69) is 15.9 Å². The smallest absolute Gasteiger partial charge is 0.326 e. The summed E-state index contributed by atoms with van der Waals surface area (Å²) in [6, 6.07) is 14.8. The lowest BCUT2D eigenvalue weighted by Gasteiger charge is -2.31. The van der Waals surface area contributed by atoms with E-state index in [0.29, 0.717) is 15.6 Å². The predicted molar refractivity (Wildman–Crippen MR) is 148 cm³/mol. The first-order valence-corrected chi connectivity index (χ1v) is 14.2. The van der Waals surface area contributed by atoms with Gasteiger partial charge in [0.2, 0.25) is 11.8 Å². The van der Waals surface area contributed by atoms with Crippen molar-refractivity contribution in [2.75, 3.05) is 30.5 Å². The van der Waals surface area contributed by atoms with E-state index in [-0.39, 0.29) is 29.8 Å². The van der Waals surface area contributed by atoms with E-state index < -0.39 is 23.1 Å². The van der Waals surface area contributed by atoms with Crippen molar-refractivity contribution < 1.29 is 19.1 Å². The van der Waals surface area contributed by atoms with Crippen LogP contribution in [0.15, 0.2) is 62.8 Å². The third-order valence-corrected chi connectivity index (χ3v) is 9.63. The minimum absolute atomic E-state index is 0.202.